The molecule has 1 aliphatic rings. The minimum Gasteiger partial charge on any atom is -0.338 e. The number of nitrogens with zero attached hydrogens (tertiary/aromatic N) is 5. The third-order valence-corrected chi connectivity index (χ3v) is 6.63. The summed E-state index contributed by atoms with van der Waals surface area (Å²) in [6.45, 7) is 7.87. The van der Waals surface area contributed by atoms with Crippen molar-refractivity contribution in [2.75, 3.05) is 6.54 Å². The first-order valence-corrected chi connectivity index (χ1v) is 9.53. The molecule has 132 valence electrons. The molecule has 1 atom stereocenters. The van der Waals surface area contributed by atoms with Crippen molar-refractivity contribution in [2.24, 2.45) is 7.05 Å². The normalized spacial score (nSPS) is 19.5. The molecule has 9 heteroatoms. The van der Waals surface area contributed by atoms with Gasteiger partial charge < -0.3 is 4.52 Å². The Bertz CT molecular complexity index is 853. The molecular weight excluding hydrogens is 330 g/mol. The van der Waals surface area contributed by atoms with Gasteiger partial charge in [0.1, 0.15) is 10.9 Å². The summed E-state index contributed by atoms with van der Waals surface area (Å²) in [5.41, 5.74) is 1.14. The van der Waals surface area contributed by atoms with Gasteiger partial charge in [-0.3, -0.25) is 4.68 Å². The summed E-state index contributed by atoms with van der Waals surface area (Å²) in [4.78, 5) is 4.67. The zero-order chi connectivity index (χ0) is 17.6. The first kappa shape index (κ1) is 17.1. The minimum atomic E-state index is -3.67. The van der Waals surface area contributed by atoms with E-state index >= 15 is 0 Å². The molecule has 3 heterocycles. The average Bonchev–Trinajstić information content (AvgIpc) is 3.19. The second-order valence-corrected chi connectivity index (χ2v) is 8.37. The second kappa shape index (κ2) is 5.96. The summed E-state index contributed by atoms with van der Waals surface area (Å²) in [5.74, 6) is 1.11. The van der Waals surface area contributed by atoms with E-state index in [1.165, 1.54) is 4.31 Å². The molecular formula is C15H23N5O3S. The lowest BCUT2D eigenvalue weighted by Gasteiger charge is -2.21. The highest BCUT2D eigenvalue weighted by atomic mass is 32.2. The van der Waals surface area contributed by atoms with Gasteiger partial charge in [-0.15, -0.1) is 0 Å². The molecule has 1 aliphatic heterocycles. The molecule has 8 nitrogen and oxygen atoms in total. The predicted octanol–water partition coefficient (Wildman–Crippen LogP) is 2.07. The molecule has 0 aliphatic carbocycles. The zero-order valence-corrected chi connectivity index (χ0v) is 15.5. The molecule has 1 saturated heterocycles. The van der Waals surface area contributed by atoms with Crippen LogP contribution in [0.3, 0.4) is 0 Å². The maximum absolute atomic E-state index is 13.2. The first-order valence-electron chi connectivity index (χ1n) is 8.09. The number of aromatic nitrogens is 4. The number of aryl methyl sites for hydroxylation is 2. The lowest BCUT2D eigenvalue weighted by Crippen LogP contribution is -2.31. The first-order chi connectivity index (χ1) is 11.2. The largest absolute Gasteiger partial charge is 0.338 e. The predicted molar refractivity (Wildman–Crippen MR) is 86.9 cm³/mol. The summed E-state index contributed by atoms with van der Waals surface area (Å²) in [6, 6.07) is -0.408. The van der Waals surface area contributed by atoms with Crippen molar-refractivity contribution in [2.45, 2.75) is 57.4 Å². The molecule has 0 radical (unpaired) electrons. The van der Waals surface area contributed by atoms with Gasteiger partial charge in [0, 0.05) is 19.5 Å². The van der Waals surface area contributed by atoms with E-state index in [2.05, 4.69) is 15.2 Å². The molecule has 0 spiro atoms. The van der Waals surface area contributed by atoms with Gasteiger partial charge in [0.05, 0.1) is 11.4 Å². The smallest absolute Gasteiger partial charge is 0.247 e. The average molecular weight is 353 g/mol. The van der Waals surface area contributed by atoms with Crippen LogP contribution in [0, 0.1) is 13.8 Å². The van der Waals surface area contributed by atoms with Crippen LogP contribution in [0.25, 0.3) is 0 Å². The van der Waals surface area contributed by atoms with Crippen LogP contribution in [0.2, 0.25) is 0 Å². The molecule has 0 N–H and O–H groups in total. The molecule has 24 heavy (non-hydrogen) atoms. The van der Waals surface area contributed by atoms with Crippen molar-refractivity contribution in [1.29, 1.82) is 0 Å². The van der Waals surface area contributed by atoms with Crippen molar-refractivity contribution in [3.8, 4) is 0 Å². The Labute approximate surface area is 141 Å². The molecule has 3 rings (SSSR count). The molecule has 1 fully saturated rings. The summed E-state index contributed by atoms with van der Waals surface area (Å²) < 4.78 is 34.8. The van der Waals surface area contributed by atoms with Gasteiger partial charge in [-0.05, 0) is 26.7 Å². The number of hydrogen-bond acceptors (Lipinski definition) is 6. The monoisotopic (exact) mass is 353 g/mol. The van der Waals surface area contributed by atoms with Crippen LogP contribution in [0.5, 0.6) is 0 Å². The summed E-state index contributed by atoms with van der Waals surface area (Å²) >= 11 is 0. The standard InChI is InChI=1S/C15H23N5O3S/c1-9(2)14-16-15(23-18-14)12-7-6-8-20(12)24(21,22)13-10(3)17-19(5)11(13)4/h9,12H,6-8H2,1-5H3. The highest BCUT2D eigenvalue weighted by Crippen LogP contribution is 2.37. The molecule has 2 aromatic heterocycles. The summed E-state index contributed by atoms with van der Waals surface area (Å²) in [6.07, 6.45) is 1.44. The Morgan fingerprint density at radius 2 is 2.00 bits per heavy atom. The molecule has 0 aromatic carbocycles. The maximum atomic E-state index is 13.2. The third kappa shape index (κ3) is 2.65. The fourth-order valence-corrected chi connectivity index (χ4v) is 5.19. The van der Waals surface area contributed by atoms with E-state index in [1.54, 1.807) is 25.6 Å². The molecule has 0 saturated carbocycles. The van der Waals surface area contributed by atoms with E-state index in [0.29, 0.717) is 36.1 Å². The van der Waals surface area contributed by atoms with Gasteiger partial charge in [-0.25, -0.2) is 8.42 Å². The SMILES string of the molecule is Cc1nn(C)c(C)c1S(=O)(=O)N1CCCC1c1nc(C(C)C)no1. The number of hydrogen-bond donors (Lipinski definition) is 0. The summed E-state index contributed by atoms with van der Waals surface area (Å²) in [7, 11) is -1.92. The van der Waals surface area contributed by atoms with E-state index < -0.39 is 16.1 Å². The van der Waals surface area contributed by atoms with Crippen molar-refractivity contribution < 1.29 is 12.9 Å². The van der Waals surface area contributed by atoms with Crippen LogP contribution in [-0.2, 0) is 17.1 Å². The van der Waals surface area contributed by atoms with Crippen LogP contribution >= 0.6 is 0 Å². The second-order valence-electron chi connectivity index (χ2n) is 6.54. The van der Waals surface area contributed by atoms with Gasteiger partial charge >= 0.3 is 0 Å². The Morgan fingerprint density at radius 3 is 2.54 bits per heavy atom. The van der Waals surface area contributed by atoms with Gasteiger partial charge in [0.2, 0.25) is 15.9 Å². The topological polar surface area (TPSA) is 94.1 Å². The van der Waals surface area contributed by atoms with Crippen molar-refractivity contribution in [3.63, 3.8) is 0 Å². The van der Waals surface area contributed by atoms with Crippen molar-refractivity contribution >= 4 is 10.0 Å². The van der Waals surface area contributed by atoms with Gasteiger partial charge in [0.15, 0.2) is 5.82 Å². The fraction of sp³-hybridized carbons (Fsp3) is 0.667. The highest BCUT2D eigenvalue weighted by Gasteiger charge is 2.41. The lowest BCUT2D eigenvalue weighted by molar-refractivity contribution is 0.288. The van der Waals surface area contributed by atoms with E-state index in [9.17, 15) is 8.42 Å². The van der Waals surface area contributed by atoms with Crippen LogP contribution in [0.4, 0.5) is 0 Å². The Balaban J connectivity index is 2.00. The Hall–Kier alpha value is -1.74. The molecule has 2 aromatic rings. The number of sulfonamides is 1. The minimum absolute atomic E-state index is 0.136. The van der Waals surface area contributed by atoms with Crippen molar-refractivity contribution in [1.82, 2.24) is 24.2 Å². The van der Waals surface area contributed by atoms with Crippen LogP contribution < -0.4 is 0 Å². The van der Waals surface area contributed by atoms with E-state index in [1.807, 2.05) is 13.8 Å². The van der Waals surface area contributed by atoms with Gasteiger partial charge in [0.25, 0.3) is 0 Å². The van der Waals surface area contributed by atoms with Gasteiger partial charge in [-0.2, -0.15) is 14.4 Å². The molecule has 0 amide bonds. The van der Waals surface area contributed by atoms with E-state index in [0.717, 1.165) is 6.42 Å². The Morgan fingerprint density at radius 1 is 1.29 bits per heavy atom. The highest BCUT2D eigenvalue weighted by molar-refractivity contribution is 7.89. The van der Waals surface area contributed by atoms with Crippen LogP contribution in [0.15, 0.2) is 9.42 Å². The molecule has 1 unspecified atom stereocenters. The van der Waals surface area contributed by atoms with Crippen molar-refractivity contribution in [3.05, 3.63) is 23.1 Å². The quantitative estimate of drug-likeness (QED) is 0.835. The Kier molecular flexibility index (Phi) is 4.25. The van der Waals surface area contributed by atoms with E-state index in [4.69, 9.17) is 4.52 Å². The number of rotatable bonds is 4. The van der Waals surface area contributed by atoms with Gasteiger partial charge in [-0.1, -0.05) is 19.0 Å². The third-order valence-electron chi connectivity index (χ3n) is 4.47. The van der Waals surface area contributed by atoms with Crippen LogP contribution in [0.1, 0.15) is 61.8 Å². The summed E-state index contributed by atoms with van der Waals surface area (Å²) in [5, 5.41) is 8.20. The zero-order valence-electron chi connectivity index (χ0n) is 14.6. The van der Waals surface area contributed by atoms with Crippen LogP contribution in [-0.4, -0.2) is 39.2 Å². The van der Waals surface area contributed by atoms with E-state index in [-0.39, 0.29) is 10.8 Å². The maximum Gasteiger partial charge on any atom is 0.247 e. The lowest BCUT2D eigenvalue weighted by atomic mass is 10.2. The fourth-order valence-electron chi connectivity index (χ4n) is 3.14. The molecule has 0 bridgehead atoms.